The maximum Gasteiger partial charge on any atom is 0.387 e. The molecule has 8 heteroatoms. The van der Waals surface area contributed by atoms with Crippen molar-refractivity contribution in [1.82, 2.24) is 5.01 Å². The number of hydrazone groups is 1. The Morgan fingerprint density at radius 3 is 2.61 bits per heavy atom. The summed E-state index contributed by atoms with van der Waals surface area (Å²) in [6.07, 6.45) is 3.60. The molecule has 1 saturated carbocycles. The fourth-order valence-corrected chi connectivity index (χ4v) is 2.42. The summed E-state index contributed by atoms with van der Waals surface area (Å²) in [7, 11) is 1.52. The number of alkyl halides is 2. The van der Waals surface area contributed by atoms with Gasteiger partial charge in [-0.3, -0.25) is 4.79 Å². The number of anilines is 1. The quantitative estimate of drug-likeness (QED) is 0.424. The zero-order valence-corrected chi connectivity index (χ0v) is 15.3. The van der Waals surface area contributed by atoms with Gasteiger partial charge in [-0.25, -0.2) is 5.01 Å². The predicted molar refractivity (Wildman–Crippen MR) is 102 cm³/mol. The SMILES string of the molecule is CN(N=Cc1ccc(OC(F)F)c(OCC2CC2)c1)C(=O)c1ccc(N)cc1. The van der Waals surface area contributed by atoms with Gasteiger partial charge in [0.15, 0.2) is 11.5 Å². The fraction of sp³-hybridized carbons (Fsp3) is 0.300. The van der Waals surface area contributed by atoms with E-state index in [0.717, 1.165) is 12.8 Å². The third kappa shape index (κ3) is 5.42. The van der Waals surface area contributed by atoms with Crippen LogP contribution in [0.25, 0.3) is 0 Å². The number of hydrogen-bond donors (Lipinski definition) is 1. The molecule has 0 bridgehead atoms. The lowest BCUT2D eigenvalue weighted by molar-refractivity contribution is -0.0515. The summed E-state index contributed by atoms with van der Waals surface area (Å²) in [5.74, 6) is 0.349. The van der Waals surface area contributed by atoms with Gasteiger partial charge in [0.05, 0.1) is 12.8 Å². The maximum atomic E-state index is 12.6. The van der Waals surface area contributed by atoms with Gasteiger partial charge in [0.25, 0.3) is 5.91 Å². The van der Waals surface area contributed by atoms with Crippen molar-refractivity contribution in [2.24, 2.45) is 11.0 Å². The largest absolute Gasteiger partial charge is 0.489 e. The summed E-state index contributed by atoms with van der Waals surface area (Å²) >= 11 is 0. The zero-order valence-electron chi connectivity index (χ0n) is 15.3. The van der Waals surface area contributed by atoms with Gasteiger partial charge in [-0.2, -0.15) is 13.9 Å². The number of benzene rings is 2. The van der Waals surface area contributed by atoms with E-state index in [2.05, 4.69) is 9.84 Å². The number of rotatable bonds is 8. The smallest absolute Gasteiger partial charge is 0.387 e. The van der Waals surface area contributed by atoms with Crippen molar-refractivity contribution < 1.29 is 23.0 Å². The van der Waals surface area contributed by atoms with E-state index in [0.29, 0.717) is 29.3 Å². The predicted octanol–water partition coefficient (Wildman–Crippen LogP) is 3.77. The van der Waals surface area contributed by atoms with Gasteiger partial charge in [0.2, 0.25) is 0 Å². The van der Waals surface area contributed by atoms with Crippen molar-refractivity contribution in [3.63, 3.8) is 0 Å². The minimum absolute atomic E-state index is 0.0286. The molecule has 1 aliphatic carbocycles. The number of ether oxygens (including phenoxy) is 2. The number of nitrogens with two attached hydrogens (primary N) is 1. The van der Waals surface area contributed by atoms with Gasteiger partial charge in [-0.1, -0.05) is 0 Å². The Labute approximate surface area is 161 Å². The highest BCUT2D eigenvalue weighted by Crippen LogP contribution is 2.34. The monoisotopic (exact) mass is 389 g/mol. The number of nitrogen functional groups attached to an aromatic ring is 1. The van der Waals surface area contributed by atoms with Crippen LogP contribution in [0.5, 0.6) is 11.5 Å². The minimum atomic E-state index is -2.94. The van der Waals surface area contributed by atoms with Gasteiger partial charge in [-0.15, -0.1) is 0 Å². The summed E-state index contributed by atoms with van der Waals surface area (Å²) in [6, 6.07) is 11.0. The summed E-state index contributed by atoms with van der Waals surface area (Å²) in [5.41, 5.74) is 7.21. The zero-order chi connectivity index (χ0) is 20.1. The molecule has 0 saturated heterocycles. The lowest BCUT2D eigenvalue weighted by atomic mass is 10.2. The Morgan fingerprint density at radius 1 is 1.25 bits per heavy atom. The number of carbonyl (C=O) groups is 1. The van der Waals surface area contributed by atoms with Crippen molar-refractivity contribution in [2.75, 3.05) is 19.4 Å². The Bertz CT molecular complexity index is 852. The summed E-state index contributed by atoms with van der Waals surface area (Å²) in [5, 5.41) is 5.30. The van der Waals surface area contributed by atoms with Crippen LogP contribution in [0.1, 0.15) is 28.8 Å². The number of nitrogens with zero attached hydrogens (tertiary/aromatic N) is 2. The van der Waals surface area contributed by atoms with Gasteiger partial charge in [0, 0.05) is 18.3 Å². The van der Waals surface area contributed by atoms with Gasteiger partial charge in [0.1, 0.15) is 0 Å². The highest BCUT2D eigenvalue weighted by molar-refractivity contribution is 5.95. The van der Waals surface area contributed by atoms with Crippen LogP contribution in [0.2, 0.25) is 0 Å². The molecule has 6 nitrogen and oxygen atoms in total. The number of hydrogen-bond acceptors (Lipinski definition) is 5. The molecule has 0 heterocycles. The minimum Gasteiger partial charge on any atom is -0.489 e. The highest BCUT2D eigenvalue weighted by atomic mass is 19.3. The average molecular weight is 389 g/mol. The summed E-state index contributed by atoms with van der Waals surface area (Å²) in [4.78, 5) is 12.3. The van der Waals surface area contributed by atoms with Crippen LogP contribution in [0.4, 0.5) is 14.5 Å². The normalized spacial score (nSPS) is 13.7. The van der Waals surface area contributed by atoms with E-state index in [1.807, 2.05) is 0 Å². The molecule has 1 aliphatic rings. The van der Waals surface area contributed by atoms with Crippen LogP contribution >= 0.6 is 0 Å². The van der Waals surface area contributed by atoms with E-state index < -0.39 is 6.61 Å². The molecule has 0 aromatic heterocycles. The Kier molecular flexibility index (Phi) is 6.08. The van der Waals surface area contributed by atoms with E-state index in [-0.39, 0.29) is 17.4 Å². The molecular weight excluding hydrogens is 368 g/mol. The van der Waals surface area contributed by atoms with Crippen molar-refractivity contribution in [2.45, 2.75) is 19.5 Å². The van der Waals surface area contributed by atoms with Crippen LogP contribution in [0.3, 0.4) is 0 Å². The fourth-order valence-electron chi connectivity index (χ4n) is 2.42. The molecule has 2 aromatic rings. The standard InChI is InChI=1S/C20H21F2N3O3/c1-25(19(26)15-5-7-16(23)8-6-15)24-11-14-4-9-17(28-20(21)22)18(10-14)27-12-13-2-3-13/h4-11,13,20H,2-3,12,23H2,1H3. The Balaban J connectivity index is 1.71. The first-order chi connectivity index (χ1) is 13.4. The molecule has 148 valence electrons. The van der Waals surface area contributed by atoms with Gasteiger partial charge < -0.3 is 15.2 Å². The number of halogens is 2. The molecule has 0 atom stereocenters. The maximum absolute atomic E-state index is 12.6. The third-order valence-corrected chi connectivity index (χ3v) is 4.19. The van der Waals surface area contributed by atoms with Crippen molar-refractivity contribution >= 4 is 17.8 Å². The second kappa shape index (κ2) is 8.69. The third-order valence-electron chi connectivity index (χ3n) is 4.19. The van der Waals surface area contributed by atoms with E-state index >= 15 is 0 Å². The molecule has 1 fully saturated rings. The molecule has 0 unspecified atom stereocenters. The molecule has 28 heavy (non-hydrogen) atoms. The van der Waals surface area contributed by atoms with E-state index in [1.165, 1.54) is 24.3 Å². The Hall–Kier alpha value is -3.16. The molecule has 0 spiro atoms. The van der Waals surface area contributed by atoms with Crippen molar-refractivity contribution in [3.8, 4) is 11.5 Å². The molecular formula is C20H21F2N3O3. The van der Waals surface area contributed by atoms with Crippen LogP contribution in [-0.4, -0.2) is 37.4 Å². The van der Waals surface area contributed by atoms with Crippen LogP contribution in [0.15, 0.2) is 47.6 Å². The average Bonchev–Trinajstić information content (AvgIpc) is 3.50. The first-order valence-corrected chi connectivity index (χ1v) is 8.81. The van der Waals surface area contributed by atoms with Crippen LogP contribution in [0, 0.1) is 5.92 Å². The first kappa shape index (κ1) is 19.6. The Morgan fingerprint density at radius 2 is 1.96 bits per heavy atom. The van der Waals surface area contributed by atoms with Crippen molar-refractivity contribution in [3.05, 3.63) is 53.6 Å². The lowest BCUT2D eigenvalue weighted by Gasteiger charge is -2.13. The van der Waals surface area contributed by atoms with Crippen molar-refractivity contribution in [1.29, 1.82) is 0 Å². The molecule has 3 rings (SSSR count). The molecule has 2 N–H and O–H groups in total. The molecule has 1 amide bonds. The second-order valence-corrected chi connectivity index (χ2v) is 6.53. The lowest BCUT2D eigenvalue weighted by Crippen LogP contribution is -2.21. The molecule has 2 aromatic carbocycles. The van der Waals surface area contributed by atoms with Crippen LogP contribution < -0.4 is 15.2 Å². The van der Waals surface area contributed by atoms with E-state index in [9.17, 15) is 13.6 Å². The molecule has 0 radical (unpaired) electrons. The summed E-state index contributed by atoms with van der Waals surface area (Å²) in [6.45, 7) is -2.48. The van der Waals surface area contributed by atoms with Crippen LogP contribution in [-0.2, 0) is 0 Å². The van der Waals surface area contributed by atoms with E-state index in [4.69, 9.17) is 10.5 Å². The first-order valence-electron chi connectivity index (χ1n) is 8.81. The number of carbonyl (C=O) groups excluding carboxylic acids is 1. The number of amides is 1. The second-order valence-electron chi connectivity index (χ2n) is 6.53. The van der Waals surface area contributed by atoms with Gasteiger partial charge in [-0.05, 0) is 66.8 Å². The highest BCUT2D eigenvalue weighted by Gasteiger charge is 2.23. The van der Waals surface area contributed by atoms with Gasteiger partial charge >= 0.3 is 6.61 Å². The topological polar surface area (TPSA) is 77.2 Å². The molecule has 0 aliphatic heterocycles. The van der Waals surface area contributed by atoms with E-state index in [1.54, 1.807) is 36.4 Å². The summed E-state index contributed by atoms with van der Waals surface area (Å²) < 4.78 is 35.3.